The number of benzene rings is 2. The summed E-state index contributed by atoms with van der Waals surface area (Å²) >= 11 is 0. The molecular formula is C27H32N2O6. The molecule has 0 unspecified atom stereocenters. The summed E-state index contributed by atoms with van der Waals surface area (Å²) in [6.07, 6.45) is 4.74. The van der Waals surface area contributed by atoms with Gasteiger partial charge in [-0.05, 0) is 42.7 Å². The third-order valence-electron chi connectivity index (χ3n) is 6.76. The maximum absolute atomic E-state index is 13.7. The van der Waals surface area contributed by atoms with Gasteiger partial charge in [-0.25, -0.2) is 4.79 Å². The van der Waals surface area contributed by atoms with Crippen LogP contribution < -0.4 is 14.8 Å². The molecule has 2 amide bonds. The van der Waals surface area contributed by atoms with Gasteiger partial charge < -0.3 is 24.2 Å². The van der Waals surface area contributed by atoms with Gasteiger partial charge in [0.2, 0.25) is 0 Å². The Balaban J connectivity index is 1.63. The zero-order chi connectivity index (χ0) is 24.8. The fourth-order valence-corrected chi connectivity index (χ4v) is 4.60. The number of carbonyl (C=O) groups is 2. The Labute approximate surface area is 205 Å². The van der Waals surface area contributed by atoms with Crippen molar-refractivity contribution in [3.8, 4) is 11.5 Å². The van der Waals surface area contributed by atoms with Gasteiger partial charge in [0, 0.05) is 12.6 Å². The van der Waals surface area contributed by atoms with Crippen molar-refractivity contribution in [1.82, 2.24) is 4.90 Å². The summed E-state index contributed by atoms with van der Waals surface area (Å²) in [7, 11) is 1.50. The molecule has 1 aliphatic heterocycles. The van der Waals surface area contributed by atoms with Gasteiger partial charge in [0.25, 0.3) is 5.91 Å². The number of aliphatic hydroxyl groups excluding tert-OH is 1. The van der Waals surface area contributed by atoms with E-state index in [1.807, 2.05) is 30.3 Å². The molecule has 2 aromatic carbocycles. The van der Waals surface area contributed by atoms with Gasteiger partial charge in [0.15, 0.2) is 11.5 Å². The minimum absolute atomic E-state index is 0.0312. The smallest absolute Gasteiger partial charge is 0.411 e. The van der Waals surface area contributed by atoms with Crippen molar-refractivity contribution < 1.29 is 28.9 Å². The highest BCUT2D eigenvalue weighted by atomic mass is 16.5. The Bertz CT molecular complexity index is 1070. The van der Waals surface area contributed by atoms with Gasteiger partial charge in [-0.1, -0.05) is 43.0 Å². The largest absolute Gasteiger partial charge is 0.493 e. The summed E-state index contributed by atoms with van der Waals surface area (Å²) in [5.41, 5.74) is 1.72. The average Bonchev–Trinajstić information content (AvgIpc) is 3.64. The van der Waals surface area contributed by atoms with Gasteiger partial charge in [-0.3, -0.25) is 10.1 Å². The van der Waals surface area contributed by atoms with Crippen LogP contribution in [-0.2, 0) is 11.3 Å². The van der Waals surface area contributed by atoms with Crippen LogP contribution >= 0.6 is 0 Å². The maximum Gasteiger partial charge on any atom is 0.411 e. The monoisotopic (exact) mass is 480 g/mol. The van der Waals surface area contributed by atoms with Crippen molar-refractivity contribution >= 4 is 17.7 Å². The Kier molecular flexibility index (Phi) is 7.60. The minimum Gasteiger partial charge on any atom is -0.493 e. The summed E-state index contributed by atoms with van der Waals surface area (Å²) in [5, 5.41) is 12.7. The summed E-state index contributed by atoms with van der Waals surface area (Å²) in [5.74, 6) is 0.457. The van der Waals surface area contributed by atoms with Gasteiger partial charge in [-0.15, -0.1) is 0 Å². The summed E-state index contributed by atoms with van der Waals surface area (Å²) < 4.78 is 16.6. The number of anilines is 1. The lowest BCUT2D eigenvalue weighted by Gasteiger charge is -2.39. The lowest BCUT2D eigenvalue weighted by molar-refractivity contribution is 0.0383. The molecule has 1 spiro atoms. The summed E-state index contributed by atoms with van der Waals surface area (Å²) in [6, 6.07) is 12.5. The second-order valence-electron chi connectivity index (χ2n) is 9.12. The fourth-order valence-electron chi connectivity index (χ4n) is 4.60. The minimum atomic E-state index is -0.715. The lowest BCUT2D eigenvalue weighted by Crippen LogP contribution is -2.48. The molecule has 0 bridgehead atoms. The van der Waals surface area contributed by atoms with E-state index in [-0.39, 0.29) is 48.4 Å². The van der Waals surface area contributed by atoms with E-state index in [1.54, 1.807) is 17.0 Å². The first-order valence-corrected chi connectivity index (χ1v) is 11.8. The third kappa shape index (κ3) is 5.77. The topological polar surface area (TPSA) is 97.3 Å². The maximum atomic E-state index is 13.7. The molecule has 2 N–H and O–H groups in total. The zero-order valence-corrected chi connectivity index (χ0v) is 20.0. The van der Waals surface area contributed by atoms with E-state index >= 15 is 0 Å². The van der Waals surface area contributed by atoms with Crippen LogP contribution in [0.2, 0.25) is 0 Å². The zero-order valence-electron chi connectivity index (χ0n) is 20.0. The Hall–Kier alpha value is -3.52. The number of rotatable bonds is 9. The number of amides is 2. The highest BCUT2D eigenvalue weighted by molar-refractivity contribution is 6.03. The molecule has 1 heterocycles. The number of nitrogens with zero attached hydrogens (tertiary/aromatic N) is 1. The first kappa shape index (κ1) is 24.6. The van der Waals surface area contributed by atoms with Crippen LogP contribution in [0.3, 0.4) is 0 Å². The van der Waals surface area contributed by atoms with Crippen LogP contribution in [-0.4, -0.2) is 54.9 Å². The normalized spacial score (nSPS) is 18.0. The molecule has 0 aromatic heterocycles. The SMILES string of the molecule is C=CCOC(=O)Nc1cc(OCc2ccccc2)c(OC)cc1C(=O)N1CCC2(CC2)C[C@H]1CO. The van der Waals surface area contributed by atoms with Crippen molar-refractivity contribution in [2.45, 2.75) is 38.3 Å². The predicted octanol–water partition coefficient (Wildman–Crippen LogP) is 4.39. The van der Waals surface area contributed by atoms with E-state index in [1.165, 1.54) is 13.2 Å². The fraction of sp³-hybridized carbons (Fsp3) is 0.407. The summed E-state index contributed by atoms with van der Waals surface area (Å²) in [4.78, 5) is 27.7. The van der Waals surface area contributed by atoms with Crippen molar-refractivity contribution in [3.05, 3.63) is 66.2 Å². The molecule has 8 heteroatoms. The van der Waals surface area contributed by atoms with Crippen LogP contribution in [0, 0.1) is 5.41 Å². The van der Waals surface area contributed by atoms with E-state index < -0.39 is 6.09 Å². The number of methoxy groups -OCH3 is 1. The van der Waals surface area contributed by atoms with Gasteiger partial charge in [-0.2, -0.15) is 0 Å². The number of hydrogen-bond donors (Lipinski definition) is 2. The van der Waals surface area contributed by atoms with Crippen molar-refractivity contribution in [2.24, 2.45) is 5.41 Å². The molecule has 186 valence electrons. The van der Waals surface area contributed by atoms with Gasteiger partial charge >= 0.3 is 6.09 Å². The predicted molar refractivity (Wildman–Crippen MR) is 132 cm³/mol. The molecule has 2 aromatic rings. The average molecular weight is 481 g/mol. The lowest BCUT2D eigenvalue weighted by atomic mass is 9.87. The summed E-state index contributed by atoms with van der Waals surface area (Å²) in [6.45, 7) is 4.31. The quantitative estimate of drug-likeness (QED) is 0.517. The van der Waals surface area contributed by atoms with Crippen molar-refractivity contribution in [1.29, 1.82) is 0 Å². The molecule has 2 fully saturated rings. The number of likely N-dealkylation sites (tertiary alicyclic amines) is 1. The van der Waals surface area contributed by atoms with Crippen molar-refractivity contribution in [3.63, 3.8) is 0 Å². The second kappa shape index (κ2) is 10.8. The number of piperidine rings is 1. The molecule has 0 radical (unpaired) electrons. The van der Waals surface area contributed by atoms with Crippen LogP contribution in [0.1, 0.15) is 41.6 Å². The number of hydrogen-bond acceptors (Lipinski definition) is 6. The molecular weight excluding hydrogens is 448 g/mol. The van der Waals surface area contributed by atoms with Crippen LogP contribution in [0.4, 0.5) is 10.5 Å². The molecule has 1 saturated carbocycles. The number of aliphatic hydroxyl groups is 1. The number of ether oxygens (including phenoxy) is 3. The molecule has 1 saturated heterocycles. The van der Waals surface area contributed by atoms with E-state index in [0.29, 0.717) is 18.0 Å². The van der Waals surface area contributed by atoms with Crippen LogP contribution in [0.25, 0.3) is 0 Å². The molecule has 1 atom stereocenters. The van der Waals surface area contributed by atoms with Crippen molar-refractivity contribution in [2.75, 3.05) is 32.2 Å². The van der Waals surface area contributed by atoms with Gasteiger partial charge in [0.1, 0.15) is 13.2 Å². The highest BCUT2D eigenvalue weighted by Gasteiger charge is 2.49. The standard InChI is InChI=1S/C27H32N2O6/c1-3-13-34-26(32)28-22-15-24(35-18-19-7-5-4-6-8-19)23(33-2)14-21(22)25(31)29-12-11-27(9-10-27)16-20(29)17-30/h3-8,14-15,20,30H,1,9-13,16-18H2,2H3,(H,28,32)/t20-/m0/s1. The molecule has 1 aliphatic carbocycles. The van der Waals surface area contributed by atoms with Crippen LogP contribution in [0.5, 0.6) is 11.5 Å². The van der Waals surface area contributed by atoms with E-state index in [2.05, 4.69) is 11.9 Å². The van der Waals surface area contributed by atoms with E-state index in [9.17, 15) is 14.7 Å². The van der Waals surface area contributed by atoms with Gasteiger partial charge in [0.05, 0.1) is 31.0 Å². The Morgan fingerprint density at radius 3 is 2.63 bits per heavy atom. The first-order chi connectivity index (χ1) is 17.0. The molecule has 2 aliphatic rings. The molecule has 35 heavy (non-hydrogen) atoms. The highest BCUT2D eigenvalue weighted by Crippen LogP contribution is 2.55. The Morgan fingerprint density at radius 2 is 1.97 bits per heavy atom. The first-order valence-electron chi connectivity index (χ1n) is 11.8. The Morgan fingerprint density at radius 1 is 1.20 bits per heavy atom. The third-order valence-corrected chi connectivity index (χ3v) is 6.76. The van der Waals surface area contributed by atoms with Crippen LogP contribution in [0.15, 0.2) is 55.1 Å². The van der Waals surface area contributed by atoms with E-state index in [0.717, 1.165) is 31.2 Å². The second-order valence-corrected chi connectivity index (χ2v) is 9.12. The number of carbonyl (C=O) groups excluding carboxylic acids is 2. The molecule has 8 nitrogen and oxygen atoms in total. The number of nitrogens with one attached hydrogen (secondary N) is 1. The molecule has 4 rings (SSSR count). The van der Waals surface area contributed by atoms with E-state index in [4.69, 9.17) is 14.2 Å².